The van der Waals surface area contributed by atoms with E-state index in [1.165, 1.54) is 16.8 Å². The van der Waals surface area contributed by atoms with Crippen LogP contribution in [-0.2, 0) is 4.79 Å². The van der Waals surface area contributed by atoms with Crippen LogP contribution in [0.4, 0.5) is 0 Å². The highest BCUT2D eigenvalue weighted by Crippen LogP contribution is 2.34. The number of carbonyl (C=O) groups is 1. The standard InChI is InChI=1S/C19H15N5O3S/c25-18(12-28-19-21-20-17-7-1-2-8-23(17)19)24-14(16-6-4-10-27-16)11-13(22-24)15-5-3-9-26-15/h1-10,14H,11-12H2. The van der Waals surface area contributed by atoms with Crippen LogP contribution in [0, 0.1) is 0 Å². The zero-order valence-electron chi connectivity index (χ0n) is 14.6. The van der Waals surface area contributed by atoms with Crippen molar-refractivity contribution in [1.29, 1.82) is 0 Å². The summed E-state index contributed by atoms with van der Waals surface area (Å²) in [5.74, 6) is 1.39. The molecule has 5 heterocycles. The number of hydrogen-bond donors (Lipinski definition) is 0. The summed E-state index contributed by atoms with van der Waals surface area (Å²) in [5.41, 5.74) is 1.46. The minimum Gasteiger partial charge on any atom is -0.467 e. The van der Waals surface area contributed by atoms with Gasteiger partial charge in [-0.15, -0.1) is 10.2 Å². The van der Waals surface area contributed by atoms with Crippen LogP contribution in [0.1, 0.15) is 24.0 Å². The van der Waals surface area contributed by atoms with E-state index in [9.17, 15) is 4.79 Å². The molecule has 1 unspecified atom stereocenters. The minimum atomic E-state index is -0.293. The van der Waals surface area contributed by atoms with E-state index in [1.807, 2.05) is 40.9 Å². The zero-order valence-corrected chi connectivity index (χ0v) is 15.5. The van der Waals surface area contributed by atoms with Crippen molar-refractivity contribution in [3.8, 4) is 0 Å². The first-order chi connectivity index (χ1) is 13.8. The predicted molar refractivity (Wildman–Crippen MR) is 102 cm³/mol. The van der Waals surface area contributed by atoms with Gasteiger partial charge in [0, 0.05) is 12.6 Å². The first-order valence-corrected chi connectivity index (χ1v) is 9.67. The number of hydrogen-bond acceptors (Lipinski definition) is 7. The molecule has 9 heteroatoms. The van der Waals surface area contributed by atoms with Gasteiger partial charge in [-0.25, -0.2) is 5.01 Å². The van der Waals surface area contributed by atoms with E-state index < -0.39 is 0 Å². The van der Waals surface area contributed by atoms with Gasteiger partial charge in [0.05, 0.1) is 18.3 Å². The van der Waals surface area contributed by atoms with E-state index >= 15 is 0 Å². The highest BCUT2D eigenvalue weighted by Gasteiger charge is 2.35. The fourth-order valence-corrected chi connectivity index (χ4v) is 3.92. The summed E-state index contributed by atoms with van der Waals surface area (Å²) >= 11 is 1.32. The number of hydrazone groups is 1. The summed E-state index contributed by atoms with van der Waals surface area (Å²) in [6.07, 6.45) is 5.60. The molecule has 1 atom stereocenters. The first kappa shape index (κ1) is 16.8. The molecular formula is C19H15N5O3S. The van der Waals surface area contributed by atoms with Gasteiger partial charge in [-0.2, -0.15) is 5.10 Å². The maximum atomic E-state index is 13.0. The van der Waals surface area contributed by atoms with E-state index in [0.717, 1.165) is 11.4 Å². The van der Waals surface area contributed by atoms with Crippen LogP contribution in [-0.4, -0.2) is 37.0 Å². The fraction of sp³-hybridized carbons (Fsp3) is 0.158. The van der Waals surface area contributed by atoms with E-state index in [-0.39, 0.29) is 17.7 Å². The van der Waals surface area contributed by atoms with Gasteiger partial charge in [0.1, 0.15) is 23.3 Å². The van der Waals surface area contributed by atoms with Crippen LogP contribution in [0.2, 0.25) is 0 Å². The molecule has 1 amide bonds. The van der Waals surface area contributed by atoms with E-state index in [4.69, 9.17) is 8.83 Å². The molecule has 140 valence electrons. The van der Waals surface area contributed by atoms with Gasteiger partial charge < -0.3 is 8.83 Å². The lowest BCUT2D eigenvalue weighted by molar-refractivity contribution is -0.130. The van der Waals surface area contributed by atoms with Crippen molar-refractivity contribution in [1.82, 2.24) is 19.6 Å². The molecule has 4 aromatic rings. The Morgan fingerprint density at radius 2 is 2.00 bits per heavy atom. The van der Waals surface area contributed by atoms with Crippen molar-refractivity contribution < 1.29 is 13.6 Å². The quantitative estimate of drug-likeness (QED) is 0.483. The third kappa shape index (κ3) is 2.99. The smallest absolute Gasteiger partial charge is 0.253 e. The van der Waals surface area contributed by atoms with Gasteiger partial charge in [0.15, 0.2) is 10.8 Å². The molecular weight excluding hydrogens is 378 g/mol. The van der Waals surface area contributed by atoms with Crippen LogP contribution in [0.15, 0.2) is 80.3 Å². The maximum absolute atomic E-state index is 13.0. The Morgan fingerprint density at radius 3 is 2.82 bits per heavy atom. The molecule has 0 radical (unpaired) electrons. The summed E-state index contributed by atoms with van der Waals surface area (Å²) in [6, 6.07) is 12.7. The summed E-state index contributed by atoms with van der Waals surface area (Å²) in [5, 5.41) is 14.9. The Balaban J connectivity index is 1.38. The van der Waals surface area contributed by atoms with Crippen LogP contribution < -0.4 is 0 Å². The molecule has 0 fully saturated rings. The largest absolute Gasteiger partial charge is 0.467 e. The van der Waals surface area contributed by atoms with Crippen LogP contribution in [0.25, 0.3) is 5.65 Å². The summed E-state index contributed by atoms with van der Waals surface area (Å²) in [7, 11) is 0. The zero-order chi connectivity index (χ0) is 18.9. The number of thioether (sulfide) groups is 1. The number of aromatic nitrogens is 3. The summed E-state index contributed by atoms with van der Waals surface area (Å²) < 4.78 is 12.8. The molecule has 0 N–H and O–H groups in total. The summed E-state index contributed by atoms with van der Waals surface area (Å²) in [4.78, 5) is 13.0. The Kier molecular flexibility index (Phi) is 4.21. The number of furan rings is 2. The van der Waals surface area contributed by atoms with Crippen molar-refractivity contribution in [2.45, 2.75) is 17.6 Å². The lowest BCUT2D eigenvalue weighted by Crippen LogP contribution is -2.28. The molecule has 0 aliphatic carbocycles. The second-order valence-corrected chi connectivity index (χ2v) is 7.14. The molecule has 5 rings (SSSR count). The third-order valence-electron chi connectivity index (χ3n) is 4.45. The van der Waals surface area contributed by atoms with Gasteiger partial charge in [0.2, 0.25) is 0 Å². The normalized spacial score (nSPS) is 16.6. The highest BCUT2D eigenvalue weighted by atomic mass is 32.2. The fourth-order valence-electron chi connectivity index (χ4n) is 3.14. The maximum Gasteiger partial charge on any atom is 0.253 e. The molecule has 1 aliphatic heterocycles. The molecule has 28 heavy (non-hydrogen) atoms. The van der Waals surface area contributed by atoms with Crippen LogP contribution in [0.5, 0.6) is 0 Å². The number of pyridine rings is 1. The average Bonchev–Trinajstić information content (AvgIpc) is 3.52. The lowest BCUT2D eigenvalue weighted by atomic mass is 10.1. The second-order valence-electron chi connectivity index (χ2n) is 6.20. The number of nitrogens with zero attached hydrogens (tertiary/aromatic N) is 5. The predicted octanol–water partition coefficient (Wildman–Crippen LogP) is 3.39. The molecule has 8 nitrogen and oxygen atoms in total. The van der Waals surface area contributed by atoms with Crippen molar-refractivity contribution >= 4 is 29.0 Å². The third-order valence-corrected chi connectivity index (χ3v) is 5.38. The number of carbonyl (C=O) groups excluding carboxylic acids is 1. The Bertz CT molecular complexity index is 1130. The number of fused-ring (bicyclic) bond motifs is 1. The number of amides is 1. The van der Waals surface area contributed by atoms with Crippen LogP contribution >= 0.6 is 11.8 Å². The topological polar surface area (TPSA) is 89.1 Å². The van der Waals surface area contributed by atoms with Gasteiger partial charge in [-0.1, -0.05) is 17.8 Å². The minimum absolute atomic E-state index is 0.138. The molecule has 0 spiro atoms. The van der Waals surface area contributed by atoms with Crippen molar-refractivity contribution in [3.05, 3.63) is 72.7 Å². The van der Waals surface area contributed by atoms with Gasteiger partial charge >= 0.3 is 0 Å². The highest BCUT2D eigenvalue weighted by molar-refractivity contribution is 7.99. The molecule has 1 aliphatic rings. The first-order valence-electron chi connectivity index (χ1n) is 8.69. The van der Waals surface area contributed by atoms with E-state index in [1.54, 1.807) is 24.7 Å². The Morgan fingerprint density at radius 1 is 1.11 bits per heavy atom. The molecule has 0 saturated heterocycles. The van der Waals surface area contributed by atoms with Crippen molar-refractivity contribution in [3.63, 3.8) is 0 Å². The second kappa shape index (κ2) is 7.01. The van der Waals surface area contributed by atoms with Crippen LogP contribution in [0.3, 0.4) is 0 Å². The van der Waals surface area contributed by atoms with E-state index in [0.29, 0.717) is 23.1 Å². The van der Waals surface area contributed by atoms with Gasteiger partial charge in [0.25, 0.3) is 5.91 Å². The van der Waals surface area contributed by atoms with Gasteiger partial charge in [-0.05, 0) is 36.4 Å². The van der Waals surface area contributed by atoms with Crippen molar-refractivity contribution in [2.75, 3.05) is 5.75 Å². The summed E-state index contributed by atoms with van der Waals surface area (Å²) in [6.45, 7) is 0. The monoisotopic (exact) mass is 393 g/mol. The SMILES string of the molecule is O=C(CSc1nnc2ccccn12)N1N=C(c2ccco2)CC1c1ccco1. The molecule has 0 bridgehead atoms. The number of rotatable bonds is 5. The molecule has 0 saturated carbocycles. The molecule has 0 aromatic carbocycles. The Hall–Kier alpha value is -3.33. The van der Waals surface area contributed by atoms with E-state index in [2.05, 4.69) is 15.3 Å². The average molecular weight is 393 g/mol. The lowest BCUT2D eigenvalue weighted by Gasteiger charge is -2.19. The molecule has 4 aromatic heterocycles. The van der Waals surface area contributed by atoms with Crippen molar-refractivity contribution in [2.24, 2.45) is 5.10 Å². The Labute approximate surface area is 163 Å². The van der Waals surface area contributed by atoms with Gasteiger partial charge in [-0.3, -0.25) is 9.20 Å².